The number of hydrogen-bond donors (Lipinski definition) is 0. The van der Waals surface area contributed by atoms with Gasteiger partial charge >= 0.3 is 0 Å². The van der Waals surface area contributed by atoms with E-state index in [0.29, 0.717) is 0 Å². The van der Waals surface area contributed by atoms with E-state index in [1.165, 1.54) is 12.1 Å². The van der Waals surface area contributed by atoms with Crippen molar-refractivity contribution < 1.29 is 4.39 Å². The van der Waals surface area contributed by atoms with Crippen molar-refractivity contribution in [2.75, 3.05) is 0 Å². The maximum atomic E-state index is 11.9. The summed E-state index contributed by atoms with van der Waals surface area (Å²) in [5.41, 5.74) is 0. The van der Waals surface area contributed by atoms with Gasteiger partial charge in [-0.1, -0.05) is 24.3 Å². The van der Waals surface area contributed by atoms with Crippen LogP contribution in [-0.4, -0.2) is 4.98 Å². The summed E-state index contributed by atoms with van der Waals surface area (Å²) in [7, 11) is 0. The summed E-state index contributed by atoms with van der Waals surface area (Å²) in [6.45, 7) is 0. The van der Waals surface area contributed by atoms with Crippen LogP contribution >= 0.6 is 0 Å². The number of benzene rings is 1. The zero-order valence-corrected chi connectivity index (χ0v) is 7.10. The molecule has 0 spiro atoms. The first-order valence-corrected chi connectivity index (χ1v) is 3.95. The van der Waals surface area contributed by atoms with Crippen molar-refractivity contribution in [3.8, 4) is 0 Å². The highest BCUT2D eigenvalue weighted by molar-refractivity contribution is 5.02. The molecule has 0 fully saturated rings. The normalized spacial score (nSPS) is 8.38. The Hall–Kier alpha value is -1.70. The van der Waals surface area contributed by atoms with E-state index in [4.69, 9.17) is 0 Å². The molecule has 0 radical (unpaired) electrons. The minimum atomic E-state index is -0.178. The smallest absolute Gasteiger partial charge is 0.123 e. The van der Waals surface area contributed by atoms with Crippen molar-refractivity contribution >= 4 is 0 Å². The number of pyridine rings is 1. The van der Waals surface area contributed by atoms with Crippen LogP contribution in [0.5, 0.6) is 0 Å². The van der Waals surface area contributed by atoms with Crippen molar-refractivity contribution in [1.29, 1.82) is 0 Å². The van der Waals surface area contributed by atoms with E-state index in [1.807, 2.05) is 18.2 Å². The Morgan fingerprint density at radius 3 is 1.54 bits per heavy atom. The molecule has 1 aromatic carbocycles. The molecule has 0 aliphatic heterocycles. The second-order valence-electron chi connectivity index (χ2n) is 2.32. The lowest BCUT2D eigenvalue weighted by atomic mass is 10.4. The monoisotopic (exact) mass is 175 g/mol. The molecule has 1 aromatic heterocycles. The van der Waals surface area contributed by atoms with E-state index in [9.17, 15) is 4.39 Å². The van der Waals surface area contributed by atoms with Crippen LogP contribution in [0.3, 0.4) is 0 Å². The van der Waals surface area contributed by atoms with E-state index in [1.54, 1.807) is 30.6 Å². The van der Waals surface area contributed by atoms with Crippen molar-refractivity contribution in [2.45, 2.75) is 0 Å². The molecule has 0 amide bonds. The van der Waals surface area contributed by atoms with Gasteiger partial charge in [-0.15, -0.1) is 0 Å². The van der Waals surface area contributed by atoms with E-state index >= 15 is 0 Å². The van der Waals surface area contributed by atoms with Gasteiger partial charge in [-0.3, -0.25) is 4.98 Å². The maximum Gasteiger partial charge on any atom is 0.123 e. The zero-order valence-electron chi connectivity index (χ0n) is 7.10. The van der Waals surface area contributed by atoms with Crippen LogP contribution in [0, 0.1) is 5.82 Å². The minimum absolute atomic E-state index is 0.178. The zero-order chi connectivity index (χ0) is 9.36. The molecule has 0 saturated carbocycles. The summed E-state index contributed by atoms with van der Waals surface area (Å²) in [4.78, 5) is 3.78. The third kappa shape index (κ3) is 4.69. The highest BCUT2D eigenvalue weighted by Gasteiger charge is 1.77. The van der Waals surface area contributed by atoms with Gasteiger partial charge in [-0.25, -0.2) is 4.39 Å². The van der Waals surface area contributed by atoms with Crippen molar-refractivity contribution in [3.63, 3.8) is 0 Å². The predicted octanol–water partition coefficient (Wildman–Crippen LogP) is 2.91. The molecular formula is C11H10FN. The second kappa shape index (κ2) is 5.89. The third-order valence-electron chi connectivity index (χ3n) is 1.30. The van der Waals surface area contributed by atoms with E-state index in [0.717, 1.165) is 0 Å². The number of halogens is 1. The van der Waals surface area contributed by atoms with Gasteiger partial charge in [-0.2, -0.15) is 0 Å². The minimum Gasteiger partial charge on any atom is -0.265 e. The fourth-order valence-corrected chi connectivity index (χ4v) is 0.727. The second-order valence-corrected chi connectivity index (χ2v) is 2.32. The lowest BCUT2D eigenvalue weighted by Crippen LogP contribution is -1.63. The molecular weight excluding hydrogens is 165 g/mol. The van der Waals surface area contributed by atoms with E-state index < -0.39 is 0 Å². The standard InChI is InChI=1S/C6H5F.C5H5N/c7-6-4-2-1-3-5-6;1-2-4-6-5-3-1/h1-5H;1-5H. The summed E-state index contributed by atoms with van der Waals surface area (Å²) in [6.07, 6.45) is 3.50. The van der Waals surface area contributed by atoms with Crippen LogP contribution in [0.1, 0.15) is 0 Å². The largest absolute Gasteiger partial charge is 0.265 e. The first-order chi connectivity index (χ1) is 6.39. The van der Waals surface area contributed by atoms with Crippen molar-refractivity contribution in [1.82, 2.24) is 4.98 Å². The number of hydrogen-bond acceptors (Lipinski definition) is 1. The highest BCUT2D eigenvalue weighted by Crippen LogP contribution is 1.91. The molecule has 13 heavy (non-hydrogen) atoms. The quantitative estimate of drug-likeness (QED) is 0.600. The van der Waals surface area contributed by atoms with E-state index in [-0.39, 0.29) is 5.82 Å². The summed E-state index contributed by atoms with van der Waals surface area (Å²) in [5, 5.41) is 0. The lowest BCUT2D eigenvalue weighted by Gasteiger charge is -1.78. The van der Waals surface area contributed by atoms with Gasteiger partial charge in [0.05, 0.1) is 0 Å². The molecule has 2 rings (SSSR count). The molecule has 1 nitrogen and oxygen atoms in total. The van der Waals surface area contributed by atoms with Gasteiger partial charge in [0.25, 0.3) is 0 Å². The Balaban J connectivity index is 0.000000132. The Morgan fingerprint density at radius 2 is 1.31 bits per heavy atom. The van der Waals surface area contributed by atoms with Gasteiger partial charge in [-0.05, 0) is 24.3 Å². The van der Waals surface area contributed by atoms with Crippen LogP contribution in [0.2, 0.25) is 0 Å². The molecule has 2 aromatic rings. The summed E-state index contributed by atoms with van der Waals surface area (Å²) < 4.78 is 11.9. The first kappa shape index (κ1) is 9.39. The van der Waals surface area contributed by atoms with Crippen LogP contribution in [0.25, 0.3) is 0 Å². The molecule has 0 aliphatic carbocycles. The summed E-state index contributed by atoms with van der Waals surface area (Å²) in [5.74, 6) is -0.178. The van der Waals surface area contributed by atoms with Crippen LogP contribution < -0.4 is 0 Å². The molecule has 0 saturated heterocycles. The van der Waals surface area contributed by atoms with Crippen LogP contribution in [0.15, 0.2) is 60.9 Å². The predicted molar refractivity (Wildman–Crippen MR) is 50.6 cm³/mol. The number of nitrogens with zero attached hydrogens (tertiary/aromatic N) is 1. The van der Waals surface area contributed by atoms with Gasteiger partial charge in [0.1, 0.15) is 5.82 Å². The molecule has 0 N–H and O–H groups in total. The van der Waals surface area contributed by atoms with Crippen molar-refractivity contribution in [3.05, 3.63) is 66.7 Å². The fraction of sp³-hybridized carbons (Fsp3) is 0. The van der Waals surface area contributed by atoms with Crippen LogP contribution in [0.4, 0.5) is 4.39 Å². The van der Waals surface area contributed by atoms with E-state index in [2.05, 4.69) is 4.98 Å². The van der Waals surface area contributed by atoms with Gasteiger partial charge in [0, 0.05) is 12.4 Å². The lowest BCUT2D eigenvalue weighted by molar-refractivity contribution is 0.628. The fourth-order valence-electron chi connectivity index (χ4n) is 0.727. The summed E-state index contributed by atoms with van der Waals surface area (Å²) in [6, 6.07) is 13.7. The Kier molecular flexibility index (Phi) is 4.25. The Labute approximate surface area is 76.9 Å². The van der Waals surface area contributed by atoms with Gasteiger partial charge in [0.15, 0.2) is 0 Å². The summed E-state index contributed by atoms with van der Waals surface area (Å²) >= 11 is 0. The SMILES string of the molecule is Fc1ccccc1.c1ccncc1. The molecule has 0 atom stereocenters. The maximum absolute atomic E-state index is 11.9. The Morgan fingerprint density at radius 1 is 0.769 bits per heavy atom. The van der Waals surface area contributed by atoms with Crippen LogP contribution in [-0.2, 0) is 0 Å². The molecule has 0 bridgehead atoms. The average Bonchev–Trinajstić information content (AvgIpc) is 2.22. The number of aromatic nitrogens is 1. The molecule has 2 heteroatoms. The van der Waals surface area contributed by atoms with Gasteiger partial charge < -0.3 is 0 Å². The topological polar surface area (TPSA) is 12.9 Å². The molecule has 0 unspecified atom stereocenters. The Bertz CT molecular complexity index is 281. The molecule has 66 valence electrons. The highest BCUT2D eigenvalue weighted by atomic mass is 19.1. The molecule has 0 aliphatic rings. The van der Waals surface area contributed by atoms with Crippen molar-refractivity contribution in [2.24, 2.45) is 0 Å². The average molecular weight is 175 g/mol. The van der Waals surface area contributed by atoms with Gasteiger partial charge in [0.2, 0.25) is 0 Å². The third-order valence-corrected chi connectivity index (χ3v) is 1.30. The number of rotatable bonds is 0. The molecule has 1 heterocycles. The first-order valence-electron chi connectivity index (χ1n) is 3.95.